The van der Waals surface area contributed by atoms with Gasteiger partial charge >= 0.3 is 6.09 Å². The van der Waals surface area contributed by atoms with Crippen LogP contribution in [-0.2, 0) is 4.74 Å². The molecule has 0 heterocycles. The number of carbonyl (C=O) groups is 1. The number of benzene rings is 1. The zero-order valence-corrected chi connectivity index (χ0v) is 9.04. The predicted molar refractivity (Wildman–Crippen MR) is 61.5 cm³/mol. The van der Waals surface area contributed by atoms with Gasteiger partial charge in [-0.15, -0.1) is 6.42 Å². The first-order valence-electron chi connectivity index (χ1n) is 4.71. The molecule has 17 heavy (non-hydrogen) atoms. The number of para-hydroxylation sites is 2. The summed E-state index contributed by atoms with van der Waals surface area (Å²) in [4.78, 5) is 21.4. The van der Waals surface area contributed by atoms with E-state index in [9.17, 15) is 14.9 Å². The molecule has 0 aliphatic heterocycles. The quantitative estimate of drug-likeness (QED) is 0.493. The summed E-state index contributed by atoms with van der Waals surface area (Å²) in [5.74, 6) is 2.20. The van der Waals surface area contributed by atoms with Crippen molar-refractivity contribution in [3.63, 3.8) is 0 Å². The van der Waals surface area contributed by atoms with Gasteiger partial charge in [-0.05, 0) is 13.0 Å². The molecule has 0 bridgehead atoms. The third-order valence-electron chi connectivity index (χ3n) is 1.86. The van der Waals surface area contributed by atoms with Crippen LogP contribution >= 0.6 is 0 Å². The minimum atomic E-state index is -0.829. The second kappa shape index (κ2) is 5.51. The fraction of sp³-hybridized carbons (Fsp3) is 0.182. The lowest BCUT2D eigenvalue weighted by molar-refractivity contribution is -0.383. The zero-order valence-electron chi connectivity index (χ0n) is 9.04. The molecule has 0 fully saturated rings. The van der Waals surface area contributed by atoms with Crippen LogP contribution in [-0.4, -0.2) is 17.1 Å². The van der Waals surface area contributed by atoms with Crippen molar-refractivity contribution < 1.29 is 14.5 Å². The van der Waals surface area contributed by atoms with Gasteiger partial charge in [-0.3, -0.25) is 15.4 Å². The van der Waals surface area contributed by atoms with Crippen molar-refractivity contribution in [1.29, 1.82) is 0 Å². The Kier molecular flexibility index (Phi) is 4.06. The molecule has 88 valence electrons. The Balaban J connectivity index is 2.79. The Morgan fingerprint density at radius 2 is 2.24 bits per heavy atom. The summed E-state index contributed by atoms with van der Waals surface area (Å²) in [5.41, 5.74) is -0.149. The van der Waals surface area contributed by atoms with Crippen LogP contribution in [0.15, 0.2) is 24.3 Å². The highest BCUT2D eigenvalue weighted by Gasteiger charge is 2.16. The van der Waals surface area contributed by atoms with E-state index in [-0.39, 0.29) is 11.4 Å². The number of terminal acetylenes is 1. The van der Waals surface area contributed by atoms with Gasteiger partial charge in [-0.1, -0.05) is 18.1 Å². The Morgan fingerprint density at radius 3 is 2.82 bits per heavy atom. The van der Waals surface area contributed by atoms with E-state index in [0.717, 1.165) is 0 Å². The number of nitrogens with one attached hydrogen (secondary N) is 1. The molecule has 0 aliphatic carbocycles. The number of hydrogen-bond acceptors (Lipinski definition) is 4. The summed E-state index contributed by atoms with van der Waals surface area (Å²) in [6.45, 7) is 1.51. The van der Waals surface area contributed by atoms with Crippen LogP contribution in [0.3, 0.4) is 0 Å². The van der Waals surface area contributed by atoms with Crippen LogP contribution in [0.5, 0.6) is 0 Å². The Morgan fingerprint density at radius 1 is 1.59 bits per heavy atom. The number of nitrogens with zero attached hydrogens (tertiary/aromatic N) is 1. The molecule has 0 aromatic heterocycles. The number of hydrogen-bond donors (Lipinski definition) is 1. The van der Waals surface area contributed by atoms with Crippen molar-refractivity contribution in [2.75, 3.05) is 5.32 Å². The van der Waals surface area contributed by atoms with Gasteiger partial charge in [0.05, 0.1) is 4.92 Å². The Labute approximate surface area is 97.7 Å². The van der Waals surface area contributed by atoms with Crippen LogP contribution in [0.1, 0.15) is 6.92 Å². The average molecular weight is 234 g/mol. The number of nitro groups is 1. The summed E-state index contributed by atoms with van der Waals surface area (Å²) in [6, 6.07) is 5.74. The van der Waals surface area contributed by atoms with Crippen LogP contribution < -0.4 is 5.32 Å². The van der Waals surface area contributed by atoms with Crippen molar-refractivity contribution in [1.82, 2.24) is 0 Å². The van der Waals surface area contributed by atoms with E-state index in [0.29, 0.717) is 0 Å². The van der Waals surface area contributed by atoms with Crippen molar-refractivity contribution in [3.8, 4) is 12.3 Å². The van der Waals surface area contributed by atoms with E-state index in [2.05, 4.69) is 11.2 Å². The van der Waals surface area contributed by atoms with Crippen LogP contribution in [0.4, 0.5) is 16.2 Å². The third kappa shape index (κ3) is 3.50. The molecule has 1 rings (SSSR count). The minimum Gasteiger partial charge on any atom is -0.433 e. The molecule has 1 amide bonds. The third-order valence-corrected chi connectivity index (χ3v) is 1.86. The van der Waals surface area contributed by atoms with Gasteiger partial charge in [-0.2, -0.15) is 0 Å². The van der Waals surface area contributed by atoms with Crippen molar-refractivity contribution in [3.05, 3.63) is 34.4 Å². The summed E-state index contributed by atoms with van der Waals surface area (Å²) in [5, 5.41) is 12.9. The van der Waals surface area contributed by atoms with Gasteiger partial charge in [0.25, 0.3) is 5.69 Å². The number of rotatable bonds is 3. The van der Waals surface area contributed by atoms with Gasteiger partial charge < -0.3 is 4.74 Å². The molecule has 0 aliphatic rings. The Hall–Kier alpha value is -2.55. The maximum atomic E-state index is 11.3. The average Bonchev–Trinajstić information content (AvgIpc) is 2.29. The van der Waals surface area contributed by atoms with Crippen LogP contribution in [0.2, 0.25) is 0 Å². The van der Waals surface area contributed by atoms with E-state index in [1.165, 1.54) is 25.1 Å². The van der Waals surface area contributed by atoms with E-state index in [4.69, 9.17) is 11.2 Å². The number of ether oxygens (including phenoxy) is 1. The van der Waals surface area contributed by atoms with Crippen molar-refractivity contribution in [2.45, 2.75) is 13.0 Å². The Bertz CT molecular complexity index is 479. The summed E-state index contributed by atoms with van der Waals surface area (Å²) < 4.78 is 4.73. The molecule has 0 radical (unpaired) electrons. The summed E-state index contributed by atoms with van der Waals surface area (Å²) in [7, 11) is 0. The minimum absolute atomic E-state index is 0.0618. The smallest absolute Gasteiger partial charge is 0.413 e. The topological polar surface area (TPSA) is 81.5 Å². The molecular weight excluding hydrogens is 224 g/mol. The SMILES string of the molecule is C#CC(C)OC(=O)Nc1ccccc1[N+](=O)[O-]. The highest BCUT2D eigenvalue weighted by atomic mass is 16.6. The molecule has 1 unspecified atom stereocenters. The van der Waals surface area contributed by atoms with Crippen molar-refractivity contribution in [2.24, 2.45) is 0 Å². The standard InChI is InChI=1S/C11H10N2O4/c1-3-8(2)17-11(14)12-9-6-4-5-7-10(9)13(15)16/h1,4-8H,2H3,(H,12,14). The predicted octanol–water partition coefficient (Wildman–Crippen LogP) is 2.17. The molecule has 6 heteroatoms. The van der Waals surface area contributed by atoms with E-state index >= 15 is 0 Å². The highest BCUT2D eigenvalue weighted by Crippen LogP contribution is 2.23. The molecule has 6 nitrogen and oxygen atoms in total. The number of carbonyl (C=O) groups excluding carboxylic acids is 1. The zero-order chi connectivity index (χ0) is 12.8. The maximum absolute atomic E-state index is 11.3. The van der Waals surface area contributed by atoms with Gasteiger partial charge in [-0.25, -0.2) is 4.79 Å². The molecule has 1 aromatic carbocycles. The van der Waals surface area contributed by atoms with Gasteiger partial charge in [0.1, 0.15) is 5.69 Å². The van der Waals surface area contributed by atoms with E-state index in [1.54, 1.807) is 6.07 Å². The molecule has 0 saturated heterocycles. The van der Waals surface area contributed by atoms with Crippen LogP contribution in [0.25, 0.3) is 0 Å². The highest BCUT2D eigenvalue weighted by molar-refractivity contribution is 5.87. The number of amides is 1. The monoisotopic (exact) mass is 234 g/mol. The molecule has 0 spiro atoms. The fourth-order valence-electron chi connectivity index (χ4n) is 1.07. The van der Waals surface area contributed by atoms with Crippen molar-refractivity contribution >= 4 is 17.5 Å². The van der Waals surface area contributed by atoms with Gasteiger partial charge in [0.15, 0.2) is 6.10 Å². The van der Waals surface area contributed by atoms with Crippen LogP contribution in [0, 0.1) is 22.5 Å². The maximum Gasteiger partial charge on any atom is 0.413 e. The lowest BCUT2D eigenvalue weighted by atomic mass is 10.3. The molecular formula is C11H10N2O4. The van der Waals surface area contributed by atoms with E-state index < -0.39 is 17.1 Å². The van der Waals surface area contributed by atoms with Gasteiger partial charge in [0.2, 0.25) is 0 Å². The number of nitro benzene ring substituents is 1. The largest absolute Gasteiger partial charge is 0.433 e. The molecule has 0 saturated carbocycles. The fourth-order valence-corrected chi connectivity index (χ4v) is 1.07. The number of anilines is 1. The first-order valence-corrected chi connectivity index (χ1v) is 4.71. The second-order valence-electron chi connectivity index (χ2n) is 3.11. The van der Waals surface area contributed by atoms with Gasteiger partial charge in [0, 0.05) is 6.07 Å². The molecule has 1 N–H and O–H groups in total. The first kappa shape index (κ1) is 12.5. The lowest BCUT2D eigenvalue weighted by Crippen LogP contribution is -2.19. The lowest BCUT2D eigenvalue weighted by Gasteiger charge is -2.08. The molecule has 1 aromatic rings. The second-order valence-corrected chi connectivity index (χ2v) is 3.11. The summed E-state index contributed by atoms with van der Waals surface area (Å²) in [6.07, 6.45) is 3.50. The molecule has 1 atom stereocenters. The first-order chi connectivity index (χ1) is 8.04. The summed E-state index contributed by atoms with van der Waals surface area (Å²) >= 11 is 0. The normalized spacial score (nSPS) is 11.1. The van der Waals surface area contributed by atoms with E-state index in [1.807, 2.05) is 0 Å².